The van der Waals surface area contributed by atoms with Crippen molar-refractivity contribution in [1.29, 1.82) is 0 Å². The summed E-state index contributed by atoms with van der Waals surface area (Å²) in [6, 6.07) is 6.33. The van der Waals surface area contributed by atoms with E-state index < -0.39 is 10.0 Å². The second kappa shape index (κ2) is 5.91. The van der Waals surface area contributed by atoms with Crippen LogP contribution in [0.5, 0.6) is 0 Å². The molecule has 0 spiro atoms. The van der Waals surface area contributed by atoms with Gasteiger partial charge in [0, 0.05) is 12.7 Å². The van der Waals surface area contributed by atoms with Gasteiger partial charge >= 0.3 is 0 Å². The van der Waals surface area contributed by atoms with Crippen molar-refractivity contribution in [3.8, 4) is 0 Å². The van der Waals surface area contributed by atoms with Crippen LogP contribution >= 0.6 is 0 Å². The van der Waals surface area contributed by atoms with Gasteiger partial charge in [-0.15, -0.1) is 5.10 Å². The molecule has 8 heteroatoms. The number of hydrogen-bond donors (Lipinski definition) is 2. The van der Waals surface area contributed by atoms with Gasteiger partial charge < -0.3 is 5.11 Å². The van der Waals surface area contributed by atoms with E-state index in [-0.39, 0.29) is 18.0 Å². The average Bonchev–Trinajstić information content (AvgIpc) is 2.91. The van der Waals surface area contributed by atoms with Gasteiger partial charge in [0.25, 0.3) is 0 Å². The molecule has 0 unspecified atom stereocenters. The smallest absolute Gasteiger partial charge is 0.240 e. The highest BCUT2D eigenvalue weighted by atomic mass is 32.2. The lowest BCUT2D eigenvalue weighted by molar-refractivity contribution is 0.278. The summed E-state index contributed by atoms with van der Waals surface area (Å²) in [4.78, 5) is 0.0936. The van der Waals surface area contributed by atoms with Crippen LogP contribution in [0, 0.1) is 0 Å². The van der Waals surface area contributed by atoms with Crippen molar-refractivity contribution in [2.45, 2.75) is 18.0 Å². The standard InChI is InChI=1S/C11H14N4O3S/c16-9-10-3-1-2-4-11(10)19(17,18)13-6-8-15-7-5-12-14-15/h1-5,7,13,16H,6,8-9H2. The number of nitrogens with zero attached hydrogens (tertiary/aromatic N) is 3. The van der Waals surface area contributed by atoms with E-state index in [0.29, 0.717) is 12.1 Å². The van der Waals surface area contributed by atoms with Crippen LogP contribution in [0.4, 0.5) is 0 Å². The van der Waals surface area contributed by atoms with Crippen molar-refractivity contribution in [2.75, 3.05) is 6.54 Å². The third-order valence-electron chi connectivity index (χ3n) is 2.54. The summed E-state index contributed by atoms with van der Waals surface area (Å²) in [5.74, 6) is 0. The zero-order valence-corrected chi connectivity index (χ0v) is 10.9. The van der Waals surface area contributed by atoms with Gasteiger partial charge in [-0.3, -0.25) is 4.68 Å². The van der Waals surface area contributed by atoms with Crippen molar-refractivity contribution in [3.63, 3.8) is 0 Å². The molecule has 1 aromatic carbocycles. The van der Waals surface area contributed by atoms with Gasteiger partial charge in [-0.2, -0.15) is 0 Å². The average molecular weight is 282 g/mol. The van der Waals surface area contributed by atoms with Crippen molar-refractivity contribution >= 4 is 10.0 Å². The summed E-state index contributed by atoms with van der Waals surface area (Å²) >= 11 is 0. The van der Waals surface area contributed by atoms with Gasteiger partial charge in [-0.05, 0) is 11.6 Å². The number of aliphatic hydroxyl groups is 1. The van der Waals surface area contributed by atoms with E-state index in [4.69, 9.17) is 5.11 Å². The fourth-order valence-electron chi connectivity index (χ4n) is 1.62. The maximum Gasteiger partial charge on any atom is 0.240 e. The highest BCUT2D eigenvalue weighted by Gasteiger charge is 2.16. The third kappa shape index (κ3) is 3.37. The molecule has 2 N–H and O–H groups in total. The van der Waals surface area contributed by atoms with Gasteiger partial charge in [0.15, 0.2) is 0 Å². The molecule has 0 saturated carbocycles. The number of sulfonamides is 1. The van der Waals surface area contributed by atoms with Crippen LogP contribution in [0.15, 0.2) is 41.6 Å². The van der Waals surface area contributed by atoms with Crippen LogP contribution in [0.25, 0.3) is 0 Å². The summed E-state index contributed by atoms with van der Waals surface area (Å²) in [5, 5.41) is 16.5. The molecule has 19 heavy (non-hydrogen) atoms. The molecule has 2 aromatic rings. The molecule has 1 aromatic heterocycles. The minimum atomic E-state index is -3.63. The Bertz CT molecular complexity index is 625. The van der Waals surface area contributed by atoms with E-state index in [1.54, 1.807) is 24.4 Å². The first-order valence-corrected chi connectivity index (χ1v) is 7.14. The van der Waals surface area contributed by atoms with E-state index in [1.165, 1.54) is 16.9 Å². The number of hydrogen-bond acceptors (Lipinski definition) is 5. The number of aromatic nitrogens is 3. The van der Waals surface area contributed by atoms with Gasteiger partial charge in [0.05, 0.1) is 24.2 Å². The molecule has 0 aliphatic heterocycles. The van der Waals surface area contributed by atoms with Gasteiger partial charge in [0.1, 0.15) is 0 Å². The Balaban J connectivity index is 2.05. The molecule has 0 aliphatic rings. The fraction of sp³-hybridized carbons (Fsp3) is 0.273. The van der Waals surface area contributed by atoms with Crippen LogP contribution in [-0.4, -0.2) is 35.1 Å². The maximum atomic E-state index is 12.1. The predicted octanol–water partition coefficient (Wildman–Crippen LogP) is -0.251. The Kier molecular flexibility index (Phi) is 4.25. The Morgan fingerprint density at radius 3 is 2.79 bits per heavy atom. The van der Waals surface area contributed by atoms with Crippen molar-refractivity contribution in [2.24, 2.45) is 0 Å². The van der Waals surface area contributed by atoms with Gasteiger partial charge in [0.2, 0.25) is 10.0 Å². The normalized spacial score (nSPS) is 11.6. The molecule has 0 radical (unpaired) electrons. The van der Waals surface area contributed by atoms with Crippen molar-refractivity contribution < 1.29 is 13.5 Å². The first-order valence-electron chi connectivity index (χ1n) is 5.66. The van der Waals surface area contributed by atoms with Gasteiger partial charge in [-0.25, -0.2) is 13.1 Å². The molecule has 0 fully saturated rings. The summed E-state index contributed by atoms with van der Waals surface area (Å²) < 4.78 is 28.1. The summed E-state index contributed by atoms with van der Waals surface area (Å²) in [7, 11) is -3.63. The zero-order valence-electron chi connectivity index (χ0n) is 10.1. The monoisotopic (exact) mass is 282 g/mol. The maximum absolute atomic E-state index is 12.1. The predicted molar refractivity (Wildman–Crippen MR) is 67.6 cm³/mol. The quantitative estimate of drug-likeness (QED) is 0.761. The number of benzene rings is 1. The van der Waals surface area contributed by atoms with E-state index in [2.05, 4.69) is 15.0 Å². The molecule has 2 rings (SSSR count). The molecular weight excluding hydrogens is 268 g/mol. The van der Waals surface area contributed by atoms with Crippen molar-refractivity contribution in [3.05, 3.63) is 42.2 Å². The lowest BCUT2D eigenvalue weighted by atomic mass is 10.2. The van der Waals surface area contributed by atoms with E-state index in [0.717, 1.165) is 0 Å². The minimum absolute atomic E-state index is 0.0936. The van der Waals surface area contributed by atoms with Crippen LogP contribution in [0.1, 0.15) is 5.56 Å². The SMILES string of the molecule is O=S(=O)(NCCn1ccnn1)c1ccccc1CO. The van der Waals surface area contributed by atoms with E-state index >= 15 is 0 Å². The second-order valence-electron chi connectivity index (χ2n) is 3.83. The molecule has 0 bridgehead atoms. The fourth-order valence-corrected chi connectivity index (χ4v) is 2.87. The Hall–Kier alpha value is -1.77. The van der Waals surface area contributed by atoms with Crippen LogP contribution < -0.4 is 4.72 Å². The third-order valence-corrected chi connectivity index (χ3v) is 4.10. The second-order valence-corrected chi connectivity index (χ2v) is 5.57. The highest BCUT2D eigenvalue weighted by molar-refractivity contribution is 7.89. The van der Waals surface area contributed by atoms with E-state index in [9.17, 15) is 8.42 Å². The molecule has 0 saturated heterocycles. The lowest BCUT2D eigenvalue weighted by Gasteiger charge is -2.09. The van der Waals surface area contributed by atoms with Crippen LogP contribution in [-0.2, 0) is 23.2 Å². The first kappa shape index (κ1) is 13.7. The lowest BCUT2D eigenvalue weighted by Crippen LogP contribution is -2.28. The topological polar surface area (TPSA) is 97.1 Å². The largest absolute Gasteiger partial charge is 0.392 e. The number of rotatable bonds is 6. The molecule has 102 valence electrons. The van der Waals surface area contributed by atoms with Gasteiger partial charge in [-0.1, -0.05) is 23.4 Å². The van der Waals surface area contributed by atoms with Crippen LogP contribution in [0.2, 0.25) is 0 Å². The van der Waals surface area contributed by atoms with Crippen LogP contribution in [0.3, 0.4) is 0 Å². The Morgan fingerprint density at radius 1 is 1.32 bits per heavy atom. The Labute approximate surface area is 110 Å². The summed E-state index contributed by atoms with van der Waals surface area (Å²) in [5.41, 5.74) is 0.371. The highest BCUT2D eigenvalue weighted by Crippen LogP contribution is 2.14. The molecular formula is C11H14N4O3S. The zero-order chi connectivity index (χ0) is 13.7. The van der Waals surface area contributed by atoms with Crippen molar-refractivity contribution in [1.82, 2.24) is 19.7 Å². The molecule has 1 heterocycles. The minimum Gasteiger partial charge on any atom is -0.392 e. The summed E-state index contributed by atoms with van der Waals surface area (Å²) in [6.07, 6.45) is 3.17. The molecule has 0 aliphatic carbocycles. The first-order chi connectivity index (χ1) is 9.13. The molecule has 0 amide bonds. The Morgan fingerprint density at radius 2 is 2.11 bits per heavy atom. The number of aliphatic hydroxyl groups excluding tert-OH is 1. The summed E-state index contributed by atoms with van der Waals surface area (Å²) in [6.45, 7) is 0.270. The number of nitrogens with one attached hydrogen (secondary N) is 1. The molecule has 7 nitrogen and oxygen atoms in total. The van der Waals surface area contributed by atoms with E-state index in [1.807, 2.05) is 0 Å². The molecule has 0 atom stereocenters.